The van der Waals surface area contributed by atoms with Crippen LogP contribution in [-0.4, -0.2) is 21.7 Å². The van der Waals surface area contributed by atoms with Crippen LogP contribution in [0.3, 0.4) is 0 Å². The van der Waals surface area contributed by atoms with Crippen molar-refractivity contribution >= 4 is 0 Å². The smallest absolute Gasteiger partial charge is 0.223 e. The first-order valence-corrected chi connectivity index (χ1v) is 5.16. The Kier molecular flexibility index (Phi) is 2.96. The minimum Gasteiger partial charge on any atom is -0.339 e. The molecule has 0 saturated carbocycles. The SMILES string of the molecule is Cc1nc(-c2cncc(CCN)c2C)no1. The van der Waals surface area contributed by atoms with Crippen molar-refractivity contribution in [2.24, 2.45) is 5.73 Å². The lowest BCUT2D eigenvalue weighted by atomic mass is 10.0. The highest BCUT2D eigenvalue weighted by molar-refractivity contribution is 5.59. The van der Waals surface area contributed by atoms with Gasteiger partial charge in [0.25, 0.3) is 0 Å². The maximum absolute atomic E-state index is 5.54. The summed E-state index contributed by atoms with van der Waals surface area (Å²) in [6.45, 7) is 4.40. The lowest BCUT2D eigenvalue weighted by Crippen LogP contribution is -2.05. The average molecular weight is 218 g/mol. The molecule has 2 heterocycles. The van der Waals surface area contributed by atoms with E-state index in [4.69, 9.17) is 10.3 Å². The fourth-order valence-electron chi connectivity index (χ4n) is 1.61. The Hall–Kier alpha value is -1.75. The summed E-state index contributed by atoms with van der Waals surface area (Å²) >= 11 is 0. The summed E-state index contributed by atoms with van der Waals surface area (Å²) in [5.41, 5.74) is 8.69. The van der Waals surface area contributed by atoms with Gasteiger partial charge in [-0.25, -0.2) is 0 Å². The molecule has 0 atom stereocenters. The van der Waals surface area contributed by atoms with Crippen LogP contribution in [0, 0.1) is 13.8 Å². The van der Waals surface area contributed by atoms with Crippen LogP contribution in [0.2, 0.25) is 0 Å². The number of aryl methyl sites for hydroxylation is 1. The van der Waals surface area contributed by atoms with Gasteiger partial charge >= 0.3 is 0 Å². The quantitative estimate of drug-likeness (QED) is 0.838. The van der Waals surface area contributed by atoms with E-state index < -0.39 is 0 Å². The van der Waals surface area contributed by atoms with Crippen molar-refractivity contribution in [1.82, 2.24) is 15.1 Å². The van der Waals surface area contributed by atoms with Gasteiger partial charge in [0.05, 0.1) is 0 Å². The molecule has 2 N–H and O–H groups in total. The molecule has 5 nitrogen and oxygen atoms in total. The molecule has 5 heteroatoms. The van der Waals surface area contributed by atoms with E-state index in [-0.39, 0.29) is 0 Å². The molecule has 0 unspecified atom stereocenters. The second-order valence-electron chi connectivity index (χ2n) is 3.65. The van der Waals surface area contributed by atoms with Crippen LogP contribution in [0.5, 0.6) is 0 Å². The number of hydrogen-bond acceptors (Lipinski definition) is 5. The van der Waals surface area contributed by atoms with Crippen molar-refractivity contribution in [2.45, 2.75) is 20.3 Å². The first kappa shape index (κ1) is 10.8. The molecule has 0 saturated heterocycles. The van der Waals surface area contributed by atoms with E-state index in [0.29, 0.717) is 18.3 Å². The van der Waals surface area contributed by atoms with Crippen molar-refractivity contribution in [2.75, 3.05) is 6.54 Å². The highest BCUT2D eigenvalue weighted by Gasteiger charge is 2.11. The molecule has 0 spiro atoms. The standard InChI is InChI=1S/C11H14N4O/c1-7-9(3-4-12)5-13-6-10(7)11-14-8(2)16-15-11/h5-6H,3-4,12H2,1-2H3. The van der Waals surface area contributed by atoms with Gasteiger partial charge in [-0.2, -0.15) is 4.98 Å². The Morgan fingerprint density at radius 3 is 2.75 bits per heavy atom. The third-order valence-electron chi connectivity index (χ3n) is 2.50. The zero-order chi connectivity index (χ0) is 11.5. The van der Waals surface area contributed by atoms with Gasteiger partial charge in [0.2, 0.25) is 11.7 Å². The minimum atomic E-state index is 0.554. The first-order chi connectivity index (χ1) is 7.72. The van der Waals surface area contributed by atoms with Gasteiger partial charge < -0.3 is 10.3 Å². The van der Waals surface area contributed by atoms with Crippen LogP contribution in [0.4, 0.5) is 0 Å². The number of pyridine rings is 1. The van der Waals surface area contributed by atoms with Gasteiger partial charge in [0.15, 0.2) is 0 Å². The largest absolute Gasteiger partial charge is 0.339 e. The number of hydrogen-bond donors (Lipinski definition) is 1. The number of aromatic nitrogens is 3. The molecular weight excluding hydrogens is 204 g/mol. The highest BCUT2D eigenvalue weighted by Crippen LogP contribution is 2.22. The molecule has 2 aromatic rings. The molecule has 0 aliphatic rings. The maximum Gasteiger partial charge on any atom is 0.223 e. The fraction of sp³-hybridized carbons (Fsp3) is 0.364. The van der Waals surface area contributed by atoms with Gasteiger partial charge in [-0.05, 0) is 31.0 Å². The topological polar surface area (TPSA) is 77.8 Å². The third-order valence-corrected chi connectivity index (χ3v) is 2.50. The summed E-state index contributed by atoms with van der Waals surface area (Å²) in [5, 5.41) is 3.89. The summed E-state index contributed by atoms with van der Waals surface area (Å²) in [7, 11) is 0. The van der Waals surface area contributed by atoms with Crippen molar-refractivity contribution in [3.63, 3.8) is 0 Å². The second kappa shape index (κ2) is 4.40. The van der Waals surface area contributed by atoms with E-state index in [9.17, 15) is 0 Å². The molecule has 16 heavy (non-hydrogen) atoms. The van der Waals surface area contributed by atoms with Gasteiger partial charge in [0.1, 0.15) is 0 Å². The van der Waals surface area contributed by atoms with Gasteiger partial charge in [-0.1, -0.05) is 5.16 Å². The number of nitrogens with zero attached hydrogens (tertiary/aromatic N) is 3. The Morgan fingerprint density at radius 1 is 1.31 bits per heavy atom. The Morgan fingerprint density at radius 2 is 2.12 bits per heavy atom. The van der Waals surface area contributed by atoms with Crippen LogP contribution < -0.4 is 5.73 Å². The van der Waals surface area contributed by atoms with Crippen molar-refractivity contribution in [3.05, 3.63) is 29.4 Å². The maximum atomic E-state index is 5.54. The normalized spacial score (nSPS) is 10.7. The highest BCUT2D eigenvalue weighted by atomic mass is 16.5. The van der Waals surface area contributed by atoms with Gasteiger partial charge in [-0.15, -0.1) is 0 Å². The summed E-state index contributed by atoms with van der Waals surface area (Å²) in [6, 6.07) is 0. The van der Waals surface area contributed by atoms with E-state index in [1.165, 1.54) is 0 Å². The van der Waals surface area contributed by atoms with E-state index >= 15 is 0 Å². The second-order valence-corrected chi connectivity index (χ2v) is 3.65. The zero-order valence-corrected chi connectivity index (χ0v) is 9.40. The van der Waals surface area contributed by atoms with Gasteiger partial charge in [0, 0.05) is 24.9 Å². The molecule has 0 aliphatic carbocycles. The summed E-state index contributed by atoms with van der Waals surface area (Å²) in [6.07, 6.45) is 4.39. The molecule has 84 valence electrons. The summed E-state index contributed by atoms with van der Waals surface area (Å²) in [4.78, 5) is 8.37. The van der Waals surface area contributed by atoms with Crippen LogP contribution in [0.25, 0.3) is 11.4 Å². The van der Waals surface area contributed by atoms with Gasteiger partial charge in [-0.3, -0.25) is 4.98 Å². The summed E-state index contributed by atoms with van der Waals surface area (Å²) in [5.74, 6) is 1.14. The monoisotopic (exact) mass is 218 g/mol. The predicted octanol–water partition coefficient (Wildman–Crippen LogP) is 1.25. The molecule has 0 aromatic carbocycles. The molecule has 0 radical (unpaired) electrons. The van der Waals surface area contributed by atoms with Crippen LogP contribution >= 0.6 is 0 Å². The molecule has 0 aliphatic heterocycles. The molecule has 2 rings (SSSR count). The minimum absolute atomic E-state index is 0.554. The number of nitrogens with two attached hydrogens (primary N) is 1. The van der Waals surface area contributed by atoms with E-state index in [0.717, 1.165) is 23.1 Å². The molecular formula is C11H14N4O. The Labute approximate surface area is 93.7 Å². The van der Waals surface area contributed by atoms with Crippen LogP contribution in [-0.2, 0) is 6.42 Å². The van der Waals surface area contributed by atoms with Crippen molar-refractivity contribution in [1.29, 1.82) is 0 Å². The molecule has 0 amide bonds. The Bertz CT molecular complexity index is 492. The lowest BCUT2D eigenvalue weighted by molar-refractivity contribution is 0.394. The molecule has 0 fully saturated rings. The Balaban J connectivity index is 2.45. The van der Waals surface area contributed by atoms with E-state index in [2.05, 4.69) is 15.1 Å². The van der Waals surface area contributed by atoms with E-state index in [1.54, 1.807) is 13.1 Å². The molecule has 0 bridgehead atoms. The van der Waals surface area contributed by atoms with Crippen LogP contribution in [0.1, 0.15) is 17.0 Å². The fourth-order valence-corrected chi connectivity index (χ4v) is 1.61. The van der Waals surface area contributed by atoms with Crippen molar-refractivity contribution < 1.29 is 4.52 Å². The van der Waals surface area contributed by atoms with Crippen LogP contribution in [0.15, 0.2) is 16.9 Å². The molecule has 2 aromatic heterocycles. The van der Waals surface area contributed by atoms with E-state index in [1.807, 2.05) is 13.1 Å². The third kappa shape index (κ3) is 1.94. The number of rotatable bonds is 3. The predicted molar refractivity (Wildman–Crippen MR) is 59.8 cm³/mol. The summed E-state index contributed by atoms with van der Waals surface area (Å²) < 4.78 is 4.96. The first-order valence-electron chi connectivity index (χ1n) is 5.16. The van der Waals surface area contributed by atoms with Crippen molar-refractivity contribution in [3.8, 4) is 11.4 Å². The lowest BCUT2D eigenvalue weighted by Gasteiger charge is -2.06. The zero-order valence-electron chi connectivity index (χ0n) is 9.40. The average Bonchev–Trinajstić information content (AvgIpc) is 2.68.